The molecule has 0 saturated carbocycles. The SMILES string of the molecule is COc1cccc(CCC(=O)NC2CCc3c(c4cc(F)cc(Cl)c4n3CC(=O)O)C2)c1. The first kappa shape index (κ1) is 22.1. The second-order valence-electron chi connectivity index (χ2n) is 8.05. The summed E-state index contributed by atoms with van der Waals surface area (Å²) in [5.74, 6) is -0.758. The van der Waals surface area contributed by atoms with Gasteiger partial charge in [0.2, 0.25) is 5.91 Å². The lowest BCUT2D eigenvalue weighted by Crippen LogP contribution is -2.39. The van der Waals surface area contributed by atoms with Gasteiger partial charge in [-0.05, 0) is 61.1 Å². The van der Waals surface area contributed by atoms with Crippen molar-refractivity contribution in [3.05, 3.63) is 64.1 Å². The van der Waals surface area contributed by atoms with Gasteiger partial charge < -0.3 is 19.7 Å². The van der Waals surface area contributed by atoms with Crippen LogP contribution >= 0.6 is 11.6 Å². The molecule has 4 rings (SSSR count). The second kappa shape index (κ2) is 9.20. The molecule has 0 radical (unpaired) electrons. The molecule has 32 heavy (non-hydrogen) atoms. The van der Waals surface area contributed by atoms with Crippen LogP contribution in [0.5, 0.6) is 5.75 Å². The minimum Gasteiger partial charge on any atom is -0.497 e. The van der Waals surface area contributed by atoms with Crippen LogP contribution in [0.1, 0.15) is 29.7 Å². The van der Waals surface area contributed by atoms with Crippen LogP contribution in [0.4, 0.5) is 4.39 Å². The number of hydrogen-bond acceptors (Lipinski definition) is 3. The molecule has 8 heteroatoms. The van der Waals surface area contributed by atoms with Gasteiger partial charge in [0.1, 0.15) is 18.1 Å². The van der Waals surface area contributed by atoms with E-state index in [9.17, 15) is 19.1 Å². The van der Waals surface area contributed by atoms with Crippen molar-refractivity contribution in [3.63, 3.8) is 0 Å². The van der Waals surface area contributed by atoms with Gasteiger partial charge in [-0.15, -0.1) is 0 Å². The quantitative estimate of drug-likeness (QED) is 0.557. The number of fused-ring (bicyclic) bond motifs is 3. The van der Waals surface area contributed by atoms with Gasteiger partial charge in [0.05, 0.1) is 17.6 Å². The Morgan fingerprint density at radius 1 is 1.31 bits per heavy atom. The Morgan fingerprint density at radius 3 is 2.88 bits per heavy atom. The van der Waals surface area contributed by atoms with Gasteiger partial charge in [0, 0.05) is 23.5 Å². The number of methoxy groups -OCH3 is 1. The van der Waals surface area contributed by atoms with Crippen molar-refractivity contribution in [3.8, 4) is 5.75 Å². The highest BCUT2D eigenvalue weighted by Crippen LogP contribution is 2.36. The maximum Gasteiger partial charge on any atom is 0.323 e. The Kier molecular flexibility index (Phi) is 6.37. The molecule has 0 saturated heterocycles. The van der Waals surface area contributed by atoms with E-state index in [0.29, 0.717) is 43.0 Å². The van der Waals surface area contributed by atoms with Gasteiger partial charge in [-0.3, -0.25) is 9.59 Å². The van der Waals surface area contributed by atoms with Crippen LogP contribution in [0.2, 0.25) is 5.02 Å². The summed E-state index contributed by atoms with van der Waals surface area (Å²) in [6.07, 6.45) is 2.70. The monoisotopic (exact) mass is 458 g/mol. The number of aliphatic carboxylic acids is 1. The van der Waals surface area contributed by atoms with Gasteiger partial charge in [-0.2, -0.15) is 0 Å². The molecule has 1 amide bonds. The summed E-state index contributed by atoms with van der Waals surface area (Å²) < 4.78 is 21.0. The molecule has 0 fully saturated rings. The van der Waals surface area contributed by atoms with Crippen molar-refractivity contribution >= 4 is 34.4 Å². The minimum absolute atomic E-state index is 0.0558. The van der Waals surface area contributed by atoms with Gasteiger partial charge >= 0.3 is 5.97 Å². The number of amides is 1. The lowest BCUT2D eigenvalue weighted by atomic mass is 9.91. The van der Waals surface area contributed by atoms with E-state index in [0.717, 1.165) is 22.6 Å². The Hall–Kier alpha value is -3.06. The highest BCUT2D eigenvalue weighted by atomic mass is 35.5. The predicted molar refractivity (Wildman–Crippen MR) is 120 cm³/mol. The maximum absolute atomic E-state index is 14.1. The number of aryl methyl sites for hydroxylation is 1. The molecular formula is C24H24ClFN2O4. The number of nitrogens with zero attached hydrogens (tertiary/aromatic N) is 1. The molecule has 0 bridgehead atoms. The normalized spacial score (nSPS) is 15.4. The number of hydrogen-bond donors (Lipinski definition) is 2. The third kappa shape index (κ3) is 4.58. The van der Waals surface area contributed by atoms with Crippen LogP contribution < -0.4 is 10.1 Å². The van der Waals surface area contributed by atoms with E-state index >= 15 is 0 Å². The summed E-state index contributed by atoms with van der Waals surface area (Å²) in [4.78, 5) is 24.0. The number of nitrogens with one attached hydrogen (secondary N) is 1. The fourth-order valence-corrected chi connectivity index (χ4v) is 4.82. The van der Waals surface area contributed by atoms with Crippen molar-refractivity contribution in [1.82, 2.24) is 9.88 Å². The number of rotatable bonds is 7. The summed E-state index contributed by atoms with van der Waals surface area (Å²) in [6, 6.07) is 10.1. The van der Waals surface area contributed by atoms with Crippen molar-refractivity contribution in [2.45, 2.75) is 44.7 Å². The van der Waals surface area contributed by atoms with E-state index in [1.54, 1.807) is 11.7 Å². The second-order valence-corrected chi connectivity index (χ2v) is 8.45. The minimum atomic E-state index is -0.988. The van der Waals surface area contributed by atoms with Crippen LogP contribution in [0.25, 0.3) is 10.9 Å². The predicted octanol–water partition coefficient (Wildman–Crippen LogP) is 4.13. The van der Waals surface area contributed by atoms with E-state index in [1.807, 2.05) is 24.3 Å². The largest absolute Gasteiger partial charge is 0.497 e. The maximum atomic E-state index is 14.1. The summed E-state index contributed by atoms with van der Waals surface area (Å²) in [6.45, 7) is -0.241. The number of carbonyl (C=O) groups excluding carboxylic acids is 1. The van der Waals surface area contributed by atoms with Crippen molar-refractivity contribution in [2.24, 2.45) is 0 Å². The molecule has 1 atom stereocenters. The number of carboxylic acids is 1. The fourth-order valence-electron chi connectivity index (χ4n) is 4.52. The average Bonchev–Trinajstić information content (AvgIpc) is 3.05. The zero-order chi connectivity index (χ0) is 22.8. The fraction of sp³-hybridized carbons (Fsp3) is 0.333. The molecule has 2 aromatic carbocycles. The number of carboxylic acid groups (broad SMARTS) is 1. The molecule has 1 aromatic heterocycles. The molecule has 2 N–H and O–H groups in total. The van der Waals surface area contributed by atoms with E-state index in [4.69, 9.17) is 16.3 Å². The number of benzene rings is 2. The lowest BCUT2D eigenvalue weighted by Gasteiger charge is -2.25. The van der Waals surface area contributed by atoms with Crippen LogP contribution in [0.3, 0.4) is 0 Å². The van der Waals surface area contributed by atoms with Crippen LogP contribution in [-0.2, 0) is 35.4 Å². The van der Waals surface area contributed by atoms with E-state index < -0.39 is 11.8 Å². The third-order valence-corrected chi connectivity index (χ3v) is 6.20. The van der Waals surface area contributed by atoms with E-state index in [2.05, 4.69) is 5.32 Å². The number of aromatic nitrogens is 1. The van der Waals surface area contributed by atoms with Crippen molar-refractivity contribution < 1.29 is 23.8 Å². The van der Waals surface area contributed by atoms with Crippen LogP contribution in [0, 0.1) is 5.82 Å². The van der Waals surface area contributed by atoms with Crippen LogP contribution in [0.15, 0.2) is 36.4 Å². The highest BCUT2D eigenvalue weighted by Gasteiger charge is 2.28. The van der Waals surface area contributed by atoms with E-state index in [1.165, 1.54) is 12.1 Å². The van der Waals surface area contributed by atoms with Gasteiger partial charge in [0.15, 0.2) is 0 Å². The smallest absolute Gasteiger partial charge is 0.323 e. The molecule has 1 heterocycles. The van der Waals surface area contributed by atoms with Gasteiger partial charge in [-0.1, -0.05) is 23.7 Å². The number of carbonyl (C=O) groups is 2. The number of ether oxygens (including phenoxy) is 1. The Labute approximate surface area is 189 Å². The zero-order valence-corrected chi connectivity index (χ0v) is 18.4. The molecule has 6 nitrogen and oxygen atoms in total. The van der Waals surface area contributed by atoms with Gasteiger partial charge in [-0.25, -0.2) is 4.39 Å². The standard InChI is InChI=1S/C24H24ClFN2O4/c1-32-17-4-2-3-14(9-17)5-8-22(29)27-16-6-7-21-18(12-16)19-10-15(26)11-20(25)24(19)28(21)13-23(30)31/h2-4,9-11,16H,5-8,12-13H2,1H3,(H,27,29)(H,30,31). The molecule has 168 valence electrons. The summed E-state index contributed by atoms with van der Waals surface area (Å²) in [5.41, 5.74) is 3.25. The summed E-state index contributed by atoms with van der Waals surface area (Å²) in [7, 11) is 1.61. The van der Waals surface area contributed by atoms with Crippen LogP contribution in [-0.4, -0.2) is 34.7 Å². The summed E-state index contributed by atoms with van der Waals surface area (Å²) in [5, 5.41) is 13.2. The molecule has 1 unspecified atom stereocenters. The van der Waals surface area contributed by atoms with E-state index in [-0.39, 0.29) is 23.5 Å². The summed E-state index contributed by atoms with van der Waals surface area (Å²) >= 11 is 6.28. The lowest BCUT2D eigenvalue weighted by molar-refractivity contribution is -0.137. The Balaban J connectivity index is 1.50. The third-order valence-electron chi connectivity index (χ3n) is 5.91. The molecule has 1 aliphatic carbocycles. The molecule has 1 aliphatic rings. The first-order valence-electron chi connectivity index (χ1n) is 10.5. The highest BCUT2D eigenvalue weighted by molar-refractivity contribution is 6.35. The first-order chi connectivity index (χ1) is 15.4. The topological polar surface area (TPSA) is 80.6 Å². The Bertz CT molecular complexity index is 1190. The first-order valence-corrected chi connectivity index (χ1v) is 10.9. The number of halogens is 2. The molecular weight excluding hydrogens is 435 g/mol. The van der Waals surface area contributed by atoms with Crippen molar-refractivity contribution in [1.29, 1.82) is 0 Å². The average molecular weight is 459 g/mol. The van der Waals surface area contributed by atoms with Crippen molar-refractivity contribution in [2.75, 3.05) is 7.11 Å². The molecule has 3 aromatic rings. The molecule has 0 spiro atoms. The Morgan fingerprint density at radius 2 is 2.12 bits per heavy atom. The van der Waals surface area contributed by atoms with Gasteiger partial charge in [0.25, 0.3) is 0 Å². The molecule has 0 aliphatic heterocycles. The zero-order valence-electron chi connectivity index (χ0n) is 17.7.